The molecule has 1 fully saturated rings. The second-order valence-corrected chi connectivity index (χ2v) is 3.07. The van der Waals surface area contributed by atoms with Crippen LogP contribution in [0.25, 0.3) is 0 Å². The molecular formula is C10H11NO3. The summed E-state index contributed by atoms with van der Waals surface area (Å²) in [4.78, 5) is 15.6. The number of amides is 1. The van der Waals surface area contributed by atoms with Gasteiger partial charge in [-0.3, -0.25) is 4.79 Å². The van der Waals surface area contributed by atoms with E-state index in [1.54, 1.807) is 0 Å². The standard InChI is InChI=1S/C10H11NO3/c12-9-6-10(14-11-9)13-7-8-4-2-1-3-5-8/h1-5,10H,6-7H2,(H,11,12). The van der Waals surface area contributed by atoms with Crippen LogP contribution >= 0.6 is 0 Å². The van der Waals surface area contributed by atoms with E-state index in [9.17, 15) is 4.79 Å². The predicted molar refractivity (Wildman–Crippen MR) is 48.9 cm³/mol. The lowest BCUT2D eigenvalue weighted by Crippen LogP contribution is -2.14. The van der Waals surface area contributed by atoms with Crippen LogP contribution in [0.4, 0.5) is 0 Å². The molecule has 4 nitrogen and oxygen atoms in total. The van der Waals surface area contributed by atoms with Crippen molar-refractivity contribution < 1.29 is 14.4 Å². The molecule has 0 aliphatic carbocycles. The molecule has 0 aromatic heterocycles. The molecule has 74 valence electrons. The maximum Gasteiger partial charge on any atom is 0.248 e. The van der Waals surface area contributed by atoms with Crippen LogP contribution < -0.4 is 5.48 Å². The monoisotopic (exact) mass is 193 g/mol. The second kappa shape index (κ2) is 4.21. The van der Waals surface area contributed by atoms with E-state index in [4.69, 9.17) is 9.57 Å². The van der Waals surface area contributed by atoms with E-state index in [0.29, 0.717) is 6.61 Å². The first-order valence-corrected chi connectivity index (χ1v) is 4.44. The Labute approximate surface area is 81.8 Å². The number of carbonyl (C=O) groups excluding carboxylic acids is 1. The van der Waals surface area contributed by atoms with E-state index in [1.165, 1.54) is 0 Å². The lowest BCUT2D eigenvalue weighted by molar-refractivity contribution is -0.151. The van der Waals surface area contributed by atoms with E-state index in [-0.39, 0.29) is 12.3 Å². The molecule has 4 heteroatoms. The first-order valence-electron chi connectivity index (χ1n) is 4.44. The summed E-state index contributed by atoms with van der Waals surface area (Å²) in [6, 6.07) is 9.75. The van der Waals surface area contributed by atoms with Gasteiger partial charge in [-0.25, -0.2) is 10.3 Å². The van der Waals surface area contributed by atoms with Gasteiger partial charge in [-0.15, -0.1) is 0 Å². The fraction of sp³-hybridized carbons (Fsp3) is 0.300. The number of benzene rings is 1. The largest absolute Gasteiger partial charge is 0.345 e. The minimum Gasteiger partial charge on any atom is -0.345 e. The molecule has 1 saturated heterocycles. The van der Waals surface area contributed by atoms with Crippen molar-refractivity contribution in [2.45, 2.75) is 19.3 Å². The molecule has 1 aliphatic rings. The summed E-state index contributed by atoms with van der Waals surface area (Å²) in [5.41, 5.74) is 3.31. The highest BCUT2D eigenvalue weighted by atomic mass is 16.8. The SMILES string of the molecule is O=C1CC(OCc2ccccc2)ON1. The Morgan fingerprint density at radius 2 is 2.21 bits per heavy atom. The van der Waals surface area contributed by atoms with Crippen molar-refractivity contribution >= 4 is 5.91 Å². The first-order chi connectivity index (χ1) is 6.84. The summed E-state index contributed by atoms with van der Waals surface area (Å²) in [7, 11) is 0. The predicted octanol–water partition coefficient (Wildman–Crippen LogP) is 0.981. The molecule has 0 bridgehead atoms. The van der Waals surface area contributed by atoms with Gasteiger partial charge in [0.25, 0.3) is 0 Å². The van der Waals surface area contributed by atoms with E-state index in [0.717, 1.165) is 5.56 Å². The lowest BCUT2D eigenvalue weighted by atomic mass is 10.2. The lowest BCUT2D eigenvalue weighted by Gasteiger charge is -2.08. The molecule has 0 spiro atoms. The third kappa shape index (κ3) is 2.31. The molecule has 1 aromatic carbocycles. The number of nitrogens with one attached hydrogen (secondary N) is 1. The normalized spacial score (nSPS) is 20.9. The fourth-order valence-electron chi connectivity index (χ4n) is 1.22. The summed E-state index contributed by atoms with van der Waals surface area (Å²) < 4.78 is 5.35. The molecule has 14 heavy (non-hydrogen) atoms. The Morgan fingerprint density at radius 1 is 1.43 bits per heavy atom. The van der Waals surface area contributed by atoms with Gasteiger partial charge in [0.05, 0.1) is 13.0 Å². The van der Waals surface area contributed by atoms with Crippen molar-refractivity contribution in [2.75, 3.05) is 0 Å². The Hall–Kier alpha value is -1.39. The Kier molecular flexibility index (Phi) is 2.76. The van der Waals surface area contributed by atoms with Crippen LogP contribution in [-0.2, 0) is 21.0 Å². The Morgan fingerprint density at radius 3 is 2.86 bits per heavy atom. The molecule has 1 N–H and O–H groups in total. The van der Waals surface area contributed by atoms with Crippen LogP contribution in [0, 0.1) is 0 Å². The van der Waals surface area contributed by atoms with Gasteiger partial charge >= 0.3 is 0 Å². The smallest absolute Gasteiger partial charge is 0.248 e. The van der Waals surface area contributed by atoms with Gasteiger partial charge in [0.15, 0.2) is 6.29 Å². The third-order valence-corrected chi connectivity index (χ3v) is 1.93. The number of hydroxylamine groups is 1. The highest BCUT2D eigenvalue weighted by Crippen LogP contribution is 2.09. The summed E-state index contributed by atoms with van der Waals surface area (Å²) in [5.74, 6) is -0.136. The molecule has 0 saturated carbocycles. The minimum atomic E-state index is -0.456. The highest BCUT2D eigenvalue weighted by Gasteiger charge is 2.23. The molecular weight excluding hydrogens is 182 g/mol. The van der Waals surface area contributed by atoms with Crippen molar-refractivity contribution in [2.24, 2.45) is 0 Å². The van der Waals surface area contributed by atoms with Crippen molar-refractivity contribution in [3.05, 3.63) is 35.9 Å². The van der Waals surface area contributed by atoms with E-state index < -0.39 is 6.29 Å². The highest BCUT2D eigenvalue weighted by molar-refractivity contribution is 5.76. The van der Waals surface area contributed by atoms with E-state index >= 15 is 0 Å². The zero-order valence-electron chi connectivity index (χ0n) is 7.60. The number of hydrogen-bond acceptors (Lipinski definition) is 3. The molecule has 1 aromatic rings. The van der Waals surface area contributed by atoms with Gasteiger partial charge in [0, 0.05) is 0 Å². The van der Waals surface area contributed by atoms with E-state index in [2.05, 4.69) is 5.48 Å². The summed E-state index contributed by atoms with van der Waals surface area (Å²) in [6.07, 6.45) is -0.185. The molecule has 1 amide bonds. The zero-order chi connectivity index (χ0) is 9.80. The summed E-state index contributed by atoms with van der Waals surface area (Å²) in [5, 5.41) is 0. The van der Waals surface area contributed by atoms with E-state index in [1.807, 2.05) is 30.3 Å². The van der Waals surface area contributed by atoms with Gasteiger partial charge in [0.2, 0.25) is 5.91 Å². The van der Waals surface area contributed by atoms with Crippen LogP contribution in [0.2, 0.25) is 0 Å². The minimum absolute atomic E-state index is 0.136. The third-order valence-electron chi connectivity index (χ3n) is 1.93. The second-order valence-electron chi connectivity index (χ2n) is 3.07. The van der Waals surface area contributed by atoms with Crippen molar-refractivity contribution in [1.82, 2.24) is 5.48 Å². The van der Waals surface area contributed by atoms with Gasteiger partial charge in [-0.2, -0.15) is 0 Å². The molecule has 2 rings (SSSR count). The van der Waals surface area contributed by atoms with Crippen LogP contribution in [0.15, 0.2) is 30.3 Å². The van der Waals surface area contributed by atoms with Crippen LogP contribution in [0.5, 0.6) is 0 Å². The Balaban J connectivity index is 1.80. The van der Waals surface area contributed by atoms with Gasteiger partial charge in [-0.05, 0) is 5.56 Å². The average Bonchev–Trinajstić information content (AvgIpc) is 2.63. The quantitative estimate of drug-likeness (QED) is 0.778. The number of carbonyl (C=O) groups is 1. The molecule has 1 heterocycles. The zero-order valence-corrected chi connectivity index (χ0v) is 7.60. The first kappa shape index (κ1) is 9.18. The van der Waals surface area contributed by atoms with Crippen LogP contribution in [-0.4, -0.2) is 12.2 Å². The molecule has 0 radical (unpaired) electrons. The number of ether oxygens (including phenoxy) is 1. The number of rotatable bonds is 3. The summed E-state index contributed by atoms with van der Waals surface area (Å²) in [6.45, 7) is 0.459. The van der Waals surface area contributed by atoms with Gasteiger partial charge in [-0.1, -0.05) is 30.3 Å². The molecule has 1 unspecified atom stereocenters. The van der Waals surface area contributed by atoms with Gasteiger partial charge in [0.1, 0.15) is 0 Å². The van der Waals surface area contributed by atoms with Crippen LogP contribution in [0.3, 0.4) is 0 Å². The van der Waals surface area contributed by atoms with Crippen molar-refractivity contribution in [3.8, 4) is 0 Å². The maximum atomic E-state index is 10.7. The maximum absolute atomic E-state index is 10.7. The topological polar surface area (TPSA) is 47.6 Å². The van der Waals surface area contributed by atoms with Gasteiger partial charge < -0.3 is 4.74 Å². The Bertz CT molecular complexity index is 312. The van der Waals surface area contributed by atoms with Crippen molar-refractivity contribution in [3.63, 3.8) is 0 Å². The summed E-state index contributed by atoms with van der Waals surface area (Å²) >= 11 is 0. The average molecular weight is 193 g/mol. The molecule has 1 atom stereocenters. The molecule has 1 aliphatic heterocycles. The van der Waals surface area contributed by atoms with Crippen molar-refractivity contribution in [1.29, 1.82) is 0 Å². The number of hydrogen-bond donors (Lipinski definition) is 1. The fourth-order valence-corrected chi connectivity index (χ4v) is 1.22. The van der Waals surface area contributed by atoms with Crippen LogP contribution in [0.1, 0.15) is 12.0 Å².